The summed E-state index contributed by atoms with van der Waals surface area (Å²) in [6.07, 6.45) is 1.36. The third-order valence-corrected chi connectivity index (χ3v) is 3.85. The lowest BCUT2D eigenvalue weighted by molar-refractivity contribution is 0.288. The summed E-state index contributed by atoms with van der Waals surface area (Å²) in [5.74, 6) is 1.66. The number of rotatable bonds is 5. The van der Waals surface area contributed by atoms with Crippen LogP contribution in [-0.4, -0.2) is 13.1 Å². The molecule has 2 rings (SSSR count). The maximum atomic E-state index is 3.48. The van der Waals surface area contributed by atoms with Crippen molar-refractivity contribution >= 4 is 0 Å². The number of hydrogen-bond donors (Lipinski definition) is 1. The molecule has 2 unspecified atom stereocenters. The highest BCUT2D eigenvalue weighted by atomic mass is 14.9. The van der Waals surface area contributed by atoms with Crippen molar-refractivity contribution in [1.82, 2.24) is 5.32 Å². The summed E-state index contributed by atoms with van der Waals surface area (Å²) in [5, 5.41) is 3.48. The van der Waals surface area contributed by atoms with Gasteiger partial charge in [-0.1, -0.05) is 51.1 Å². The zero-order valence-electron chi connectivity index (χ0n) is 10.7. The van der Waals surface area contributed by atoms with Gasteiger partial charge in [0.25, 0.3) is 0 Å². The van der Waals surface area contributed by atoms with Gasteiger partial charge in [-0.05, 0) is 35.8 Å². The van der Waals surface area contributed by atoms with Crippen LogP contribution < -0.4 is 5.32 Å². The Kier molecular flexibility index (Phi) is 3.34. The standard InChI is InChI=1S/C15H23N/c1-4-16-11-15(2,3)14-10-13(14)12-8-6-5-7-9-12/h5-9,13-14,16H,4,10-11H2,1-3H3. The van der Waals surface area contributed by atoms with Crippen LogP contribution in [0.25, 0.3) is 0 Å². The summed E-state index contributed by atoms with van der Waals surface area (Å²) in [6, 6.07) is 11.0. The Morgan fingerprint density at radius 2 is 1.94 bits per heavy atom. The zero-order valence-corrected chi connectivity index (χ0v) is 10.7. The van der Waals surface area contributed by atoms with Crippen LogP contribution in [0, 0.1) is 11.3 Å². The fraction of sp³-hybridized carbons (Fsp3) is 0.600. The molecule has 1 N–H and O–H groups in total. The second kappa shape index (κ2) is 4.58. The van der Waals surface area contributed by atoms with Gasteiger partial charge >= 0.3 is 0 Å². The van der Waals surface area contributed by atoms with Gasteiger partial charge in [0, 0.05) is 6.54 Å². The Morgan fingerprint density at radius 3 is 2.56 bits per heavy atom. The van der Waals surface area contributed by atoms with Crippen LogP contribution in [0.3, 0.4) is 0 Å². The van der Waals surface area contributed by atoms with Crippen molar-refractivity contribution in [2.75, 3.05) is 13.1 Å². The maximum absolute atomic E-state index is 3.48. The molecule has 1 heteroatoms. The van der Waals surface area contributed by atoms with Gasteiger partial charge in [-0.25, -0.2) is 0 Å². The first-order chi connectivity index (χ1) is 7.65. The second-order valence-electron chi connectivity index (χ2n) is 5.63. The lowest BCUT2D eigenvalue weighted by atomic mass is 9.85. The molecule has 16 heavy (non-hydrogen) atoms. The van der Waals surface area contributed by atoms with Crippen LogP contribution in [0.4, 0.5) is 0 Å². The molecule has 0 saturated heterocycles. The van der Waals surface area contributed by atoms with E-state index in [1.54, 1.807) is 0 Å². The van der Waals surface area contributed by atoms with Crippen LogP contribution in [0.1, 0.15) is 38.7 Å². The van der Waals surface area contributed by atoms with Crippen molar-refractivity contribution in [3.05, 3.63) is 35.9 Å². The van der Waals surface area contributed by atoms with Crippen LogP contribution in [0.5, 0.6) is 0 Å². The van der Waals surface area contributed by atoms with E-state index in [2.05, 4.69) is 56.4 Å². The first-order valence-corrected chi connectivity index (χ1v) is 6.41. The minimum Gasteiger partial charge on any atom is -0.316 e. The van der Waals surface area contributed by atoms with Gasteiger partial charge < -0.3 is 5.32 Å². The molecule has 1 aromatic carbocycles. The SMILES string of the molecule is CCNCC(C)(C)C1CC1c1ccccc1. The first-order valence-electron chi connectivity index (χ1n) is 6.41. The summed E-state index contributed by atoms with van der Waals surface area (Å²) in [5.41, 5.74) is 1.95. The van der Waals surface area contributed by atoms with Gasteiger partial charge in [0.2, 0.25) is 0 Å². The predicted molar refractivity (Wildman–Crippen MR) is 69.6 cm³/mol. The number of hydrogen-bond acceptors (Lipinski definition) is 1. The molecule has 0 spiro atoms. The van der Waals surface area contributed by atoms with Gasteiger partial charge in [-0.2, -0.15) is 0 Å². The molecule has 1 aromatic rings. The van der Waals surface area contributed by atoms with Gasteiger partial charge in [-0.15, -0.1) is 0 Å². The molecule has 88 valence electrons. The maximum Gasteiger partial charge on any atom is 0.000528 e. The van der Waals surface area contributed by atoms with Crippen LogP contribution in [-0.2, 0) is 0 Å². The molecule has 0 heterocycles. The summed E-state index contributed by atoms with van der Waals surface area (Å²) in [7, 11) is 0. The van der Waals surface area contributed by atoms with Gasteiger partial charge in [0.05, 0.1) is 0 Å². The summed E-state index contributed by atoms with van der Waals surface area (Å²) < 4.78 is 0. The van der Waals surface area contributed by atoms with Crippen LogP contribution >= 0.6 is 0 Å². The van der Waals surface area contributed by atoms with Crippen molar-refractivity contribution in [2.24, 2.45) is 11.3 Å². The van der Waals surface area contributed by atoms with E-state index in [0.717, 1.165) is 24.9 Å². The second-order valence-corrected chi connectivity index (χ2v) is 5.63. The fourth-order valence-electron chi connectivity index (χ4n) is 2.71. The average molecular weight is 217 g/mol. The predicted octanol–water partition coefficient (Wildman–Crippen LogP) is 3.43. The lowest BCUT2D eigenvalue weighted by Crippen LogP contribution is -2.31. The molecule has 2 atom stereocenters. The average Bonchev–Trinajstić information content (AvgIpc) is 3.08. The third kappa shape index (κ3) is 2.46. The highest BCUT2D eigenvalue weighted by Gasteiger charge is 2.47. The molecule has 0 bridgehead atoms. The molecule has 0 aliphatic heterocycles. The Hall–Kier alpha value is -0.820. The van der Waals surface area contributed by atoms with E-state index in [1.807, 2.05) is 0 Å². The molecule has 0 aromatic heterocycles. The van der Waals surface area contributed by atoms with Crippen LogP contribution in [0.2, 0.25) is 0 Å². The molecular weight excluding hydrogens is 194 g/mol. The number of benzene rings is 1. The molecule has 1 saturated carbocycles. The Morgan fingerprint density at radius 1 is 1.25 bits per heavy atom. The summed E-state index contributed by atoms with van der Waals surface area (Å²) >= 11 is 0. The molecule has 1 fully saturated rings. The minimum atomic E-state index is 0.427. The zero-order chi connectivity index (χ0) is 11.6. The van der Waals surface area contributed by atoms with E-state index < -0.39 is 0 Å². The van der Waals surface area contributed by atoms with E-state index in [0.29, 0.717) is 5.41 Å². The lowest BCUT2D eigenvalue weighted by Gasteiger charge is -2.25. The molecule has 0 amide bonds. The topological polar surface area (TPSA) is 12.0 Å². The normalized spacial score (nSPS) is 24.4. The molecule has 1 aliphatic carbocycles. The van der Waals surface area contributed by atoms with Crippen molar-refractivity contribution in [1.29, 1.82) is 0 Å². The largest absolute Gasteiger partial charge is 0.316 e. The highest BCUT2D eigenvalue weighted by molar-refractivity contribution is 5.26. The van der Waals surface area contributed by atoms with E-state index >= 15 is 0 Å². The number of nitrogens with one attached hydrogen (secondary N) is 1. The molecular formula is C15H23N. The third-order valence-electron chi connectivity index (χ3n) is 3.85. The Balaban J connectivity index is 1.95. The van der Waals surface area contributed by atoms with Crippen LogP contribution in [0.15, 0.2) is 30.3 Å². The van der Waals surface area contributed by atoms with E-state index in [-0.39, 0.29) is 0 Å². The van der Waals surface area contributed by atoms with Crippen molar-refractivity contribution in [3.8, 4) is 0 Å². The molecule has 0 radical (unpaired) electrons. The smallest absolute Gasteiger partial charge is 0.000528 e. The fourth-order valence-corrected chi connectivity index (χ4v) is 2.71. The van der Waals surface area contributed by atoms with E-state index in [4.69, 9.17) is 0 Å². The molecule has 1 nitrogen and oxygen atoms in total. The Bertz CT molecular complexity index is 329. The first kappa shape index (κ1) is 11.7. The minimum absolute atomic E-state index is 0.427. The van der Waals surface area contributed by atoms with Crippen molar-refractivity contribution in [3.63, 3.8) is 0 Å². The van der Waals surface area contributed by atoms with Crippen molar-refractivity contribution in [2.45, 2.75) is 33.1 Å². The summed E-state index contributed by atoms with van der Waals surface area (Å²) in [4.78, 5) is 0. The van der Waals surface area contributed by atoms with Gasteiger partial charge in [0.1, 0.15) is 0 Å². The van der Waals surface area contributed by atoms with E-state index in [9.17, 15) is 0 Å². The van der Waals surface area contributed by atoms with Gasteiger partial charge in [0.15, 0.2) is 0 Å². The monoisotopic (exact) mass is 217 g/mol. The quantitative estimate of drug-likeness (QED) is 0.797. The van der Waals surface area contributed by atoms with Gasteiger partial charge in [-0.3, -0.25) is 0 Å². The highest BCUT2D eigenvalue weighted by Crippen LogP contribution is 2.56. The molecule has 1 aliphatic rings. The summed E-state index contributed by atoms with van der Waals surface area (Å²) in [6.45, 7) is 9.17. The van der Waals surface area contributed by atoms with Crippen molar-refractivity contribution < 1.29 is 0 Å². The Labute approximate surface area is 99.3 Å². The van der Waals surface area contributed by atoms with E-state index in [1.165, 1.54) is 12.0 Å².